The highest BCUT2D eigenvalue weighted by Crippen LogP contribution is 2.34. The van der Waals surface area contributed by atoms with Crippen molar-refractivity contribution < 1.29 is 19.1 Å². The maximum Gasteiger partial charge on any atom is 0.406 e. The third-order valence-corrected chi connectivity index (χ3v) is 7.70. The summed E-state index contributed by atoms with van der Waals surface area (Å²) in [6.45, 7) is 3.94. The monoisotopic (exact) mass is 522 g/mol. The highest BCUT2D eigenvalue weighted by Gasteiger charge is 2.33. The van der Waals surface area contributed by atoms with Crippen molar-refractivity contribution in [3.05, 3.63) is 34.9 Å². The number of hydrogen-bond donors (Lipinski definition) is 3. The Kier molecular flexibility index (Phi) is 11.6. The molecule has 0 radical (unpaired) electrons. The maximum absolute atomic E-state index is 13.3. The Balaban J connectivity index is 1.63. The largest absolute Gasteiger partial charge is 0.453 e. The van der Waals surface area contributed by atoms with Gasteiger partial charge in [0.2, 0.25) is 0 Å². The molecular weight excluding hydrogens is 480 g/mol. The van der Waals surface area contributed by atoms with Crippen molar-refractivity contribution in [3.8, 4) is 0 Å². The fourth-order valence-electron chi connectivity index (χ4n) is 5.48. The molecule has 1 saturated carbocycles. The van der Waals surface area contributed by atoms with E-state index in [1.165, 1.54) is 39.2 Å². The second-order valence-electron chi connectivity index (χ2n) is 10.3. The number of nitrogens with zero attached hydrogens (tertiary/aromatic N) is 1. The van der Waals surface area contributed by atoms with E-state index in [0.29, 0.717) is 37.2 Å². The Labute approximate surface area is 220 Å². The molecule has 2 aliphatic rings. The smallest absolute Gasteiger partial charge is 0.406 e. The van der Waals surface area contributed by atoms with Gasteiger partial charge in [-0.25, -0.2) is 9.59 Å². The first-order chi connectivity index (χ1) is 17.4. The minimum Gasteiger partial charge on any atom is -0.453 e. The molecule has 0 bridgehead atoms. The number of carbonyl (C=O) groups excluding carboxylic acids is 2. The fourth-order valence-corrected chi connectivity index (χ4v) is 5.68. The van der Waals surface area contributed by atoms with Crippen LogP contribution in [0.4, 0.5) is 9.59 Å². The summed E-state index contributed by atoms with van der Waals surface area (Å²) in [6.07, 6.45) is 8.37. The first-order valence-electron chi connectivity index (χ1n) is 13.4. The van der Waals surface area contributed by atoms with E-state index in [1.807, 2.05) is 36.1 Å². The van der Waals surface area contributed by atoms with E-state index in [4.69, 9.17) is 22.1 Å². The number of carbonyl (C=O) groups is 2. The molecule has 3 rings (SSSR count). The second-order valence-corrected chi connectivity index (χ2v) is 10.7. The number of hydrogen-bond acceptors (Lipinski definition) is 5. The number of methoxy groups -OCH3 is 1. The number of amides is 3. The number of nitrogens with two attached hydrogens (primary N) is 1. The molecule has 1 saturated heterocycles. The lowest BCUT2D eigenvalue weighted by Crippen LogP contribution is -2.54. The summed E-state index contributed by atoms with van der Waals surface area (Å²) in [6, 6.07) is 7.49. The summed E-state index contributed by atoms with van der Waals surface area (Å²) in [4.78, 5) is 26.6. The van der Waals surface area contributed by atoms with Crippen LogP contribution in [-0.2, 0) is 9.47 Å². The molecule has 1 heterocycles. The number of piperidine rings is 1. The molecule has 202 valence electrons. The Morgan fingerprint density at radius 1 is 1.19 bits per heavy atom. The van der Waals surface area contributed by atoms with Crippen molar-refractivity contribution in [1.82, 2.24) is 15.5 Å². The van der Waals surface area contributed by atoms with Crippen LogP contribution in [-0.4, -0.2) is 62.5 Å². The van der Waals surface area contributed by atoms with Crippen molar-refractivity contribution in [3.63, 3.8) is 0 Å². The van der Waals surface area contributed by atoms with Gasteiger partial charge in [0, 0.05) is 42.7 Å². The van der Waals surface area contributed by atoms with Gasteiger partial charge >= 0.3 is 12.1 Å². The molecule has 1 aromatic rings. The number of benzene rings is 1. The normalized spacial score (nSPS) is 21.3. The van der Waals surface area contributed by atoms with E-state index in [2.05, 4.69) is 15.4 Å². The van der Waals surface area contributed by atoms with E-state index in [9.17, 15) is 9.59 Å². The van der Waals surface area contributed by atoms with Gasteiger partial charge in [0.1, 0.15) is 0 Å². The molecule has 4 atom stereocenters. The van der Waals surface area contributed by atoms with Gasteiger partial charge in [-0.3, -0.25) is 0 Å². The number of rotatable bonds is 10. The number of nitrogens with one attached hydrogen (secondary N) is 2. The van der Waals surface area contributed by atoms with Gasteiger partial charge in [-0.2, -0.15) is 0 Å². The van der Waals surface area contributed by atoms with Gasteiger partial charge in [0.05, 0.1) is 19.8 Å². The summed E-state index contributed by atoms with van der Waals surface area (Å²) in [5, 5.41) is 6.54. The molecule has 1 aliphatic heterocycles. The van der Waals surface area contributed by atoms with Crippen LogP contribution in [0.5, 0.6) is 0 Å². The lowest BCUT2D eigenvalue weighted by atomic mass is 9.83. The minimum absolute atomic E-state index is 0.0228. The van der Waals surface area contributed by atoms with Crippen LogP contribution in [0.25, 0.3) is 0 Å². The topological polar surface area (TPSA) is 106 Å². The number of ether oxygens (including phenoxy) is 2. The lowest BCUT2D eigenvalue weighted by molar-refractivity contribution is -0.00869. The number of likely N-dealkylation sites (tertiary alicyclic amines) is 1. The van der Waals surface area contributed by atoms with Crippen molar-refractivity contribution >= 4 is 23.7 Å². The van der Waals surface area contributed by atoms with Crippen LogP contribution < -0.4 is 16.4 Å². The maximum atomic E-state index is 13.3. The molecule has 0 aromatic heterocycles. The average molecular weight is 523 g/mol. The molecule has 4 N–H and O–H groups in total. The second kappa shape index (κ2) is 14.6. The SMILES string of the molecule is COC(=O)NCCO[C@@H](c1cccc(Cl)c1)[C@@H]1CCCN(C(=O)N[C@@H](CC2CCCCC2)[C@@H](C)N)C1. The van der Waals surface area contributed by atoms with Crippen LogP contribution in [0.15, 0.2) is 24.3 Å². The lowest BCUT2D eigenvalue weighted by Gasteiger charge is -2.38. The Bertz CT molecular complexity index is 834. The van der Waals surface area contributed by atoms with Crippen molar-refractivity contribution in [2.75, 3.05) is 33.4 Å². The minimum atomic E-state index is -0.490. The predicted molar refractivity (Wildman–Crippen MR) is 142 cm³/mol. The highest BCUT2D eigenvalue weighted by molar-refractivity contribution is 6.30. The molecule has 0 spiro atoms. The van der Waals surface area contributed by atoms with Crippen molar-refractivity contribution in [2.24, 2.45) is 17.6 Å². The molecular formula is C27H43ClN4O4. The van der Waals surface area contributed by atoms with Gasteiger partial charge < -0.3 is 30.7 Å². The van der Waals surface area contributed by atoms with E-state index in [-0.39, 0.29) is 30.1 Å². The van der Waals surface area contributed by atoms with Crippen LogP contribution in [0.2, 0.25) is 5.02 Å². The van der Waals surface area contributed by atoms with E-state index in [1.54, 1.807) is 0 Å². The van der Waals surface area contributed by atoms with Gasteiger partial charge in [-0.1, -0.05) is 55.8 Å². The molecule has 1 aromatic carbocycles. The Morgan fingerprint density at radius 2 is 1.97 bits per heavy atom. The van der Waals surface area contributed by atoms with E-state index < -0.39 is 6.09 Å². The predicted octanol–water partition coefficient (Wildman–Crippen LogP) is 4.86. The van der Waals surface area contributed by atoms with E-state index in [0.717, 1.165) is 24.8 Å². The fraction of sp³-hybridized carbons (Fsp3) is 0.704. The van der Waals surface area contributed by atoms with Crippen LogP contribution in [0.3, 0.4) is 0 Å². The molecule has 2 fully saturated rings. The van der Waals surface area contributed by atoms with Gasteiger partial charge in [-0.05, 0) is 49.8 Å². The first-order valence-corrected chi connectivity index (χ1v) is 13.7. The van der Waals surface area contributed by atoms with Crippen LogP contribution in [0.1, 0.15) is 70.0 Å². The zero-order valence-electron chi connectivity index (χ0n) is 21.7. The average Bonchev–Trinajstić information content (AvgIpc) is 2.88. The third kappa shape index (κ3) is 8.82. The Hall–Kier alpha value is -2.03. The zero-order chi connectivity index (χ0) is 25.9. The summed E-state index contributed by atoms with van der Waals surface area (Å²) in [5.74, 6) is 0.747. The summed E-state index contributed by atoms with van der Waals surface area (Å²) >= 11 is 6.28. The molecule has 3 amide bonds. The Morgan fingerprint density at radius 3 is 2.67 bits per heavy atom. The van der Waals surface area contributed by atoms with Gasteiger partial charge in [0.15, 0.2) is 0 Å². The molecule has 9 heteroatoms. The van der Waals surface area contributed by atoms with E-state index >= 15 is 0 Å². The third-order valence-electron chi connectivity index (χ3n) is 7.46. The number of halogens is 1. The quantitative estimate of drug-likeness (QED) is 0.380. The van der Waals surface area contributed by atoms with Crippen molar-refractivity contribution in [1.29, 1.82) is 0 Å². The number of alkyl carbamates (subject to hydrolysis) is 1. The van der Waals surface area contributed by atoms with Crippen LogP contribution >= 0.6 is 11.6 Å². The van der Waals surface area contributed by atoms with Crippen molar-refractivity contribution in [2.45, 2.75) is 76.5 Å². The molecule has 36 heavy (non-hydrogen) atoms. The first kappa shape index (κ1) is 28.5. The summed E-state index contributed by atoms with van der Waals surface area (Å²) < 4.78 is 10.9. The summed E-state index contributed by atoms with van der Waals surface area (Å²) in [5.41, 5.74) is 7.26. The molecule has 0 unspecified atom stereocenters. The van der Waals surface area contributed by atoms with Crippen LogP contribution in [0, 0.1) is 11.8 Å². The standard InChI is InChI=1S/C27H43ClN4O4/c1-19(29)24(16-20-8-4-3-5-9-20)31-26(33)32-14-7-11-22(18-32)25(21-10-6-12-23(28)17-21)36-15-13-30-27(34)35-2/h6,10,12,17,19-20,22,24-25H,3-5,7-9,11,13-16,18,29H2,1-2H3,(H,30,34)(H,31,33)/t19-,22-,24+,25+/m1/s1. The van der Waals surface area contributed by atoms with Gasteiger partial charge in [-0.15, -0.1) is 0 Å². The molecule has 8 nitrogen and oxygen atoms in total. The highest BCUT2D eigenvalue weighted by atomic mass is 35.5. The van der Waals surface area contributed by atoms with Gasteiger partial charge in [0.25, 0.3) is 0 Å². The molecule has 1 aliphatic carbocycles. The summed E-state index contributed by atoms with van der Waals surface area (Å²) in [7, 11) is 1.33. The zero-order valence-corrected chi connectivity index (χ0v) is 22.5. The number of urea groups is 1.